The standard InChI is InChI=1S/C25H36BN3O5/c1-24(2)25(3,4)34-26(33-24)17-13-21-22(27-15-17)29(18-9-7-6-8-10-18)23(30)28(21)16-20-14-19(31-5)11-12-32-20/h9,13,15,19-20H,6-8,10-12,14,16H2,1-5H3/t19-,20+/m1/s1. The topological polar surface area (TPSA) is 76.7 Å². The van der Waals surface area contributed by atoms with Gasteiger partial charge in [-0.2, -0.15) is 0 Å². The van der Waals surface area contributed by atoms with Gasteiger partial charge < -0.3 is 18.8 Å². The molecule has 0 bridgehead atoms. The number of allylic oxidation sites excluding steroid dienone is 2. The predicted octanol–water partition coefficient (Wildman–Crippen LogP) is 3.11. The smallest absolute Gasteiger partial charge is 0.399 e. The third-order valence-corrected chi connectivity index (χ3v) is 7.91. The van der Waals surface area contributed by atoms with E-state index in [1.54, 1.807) is 17.9 Å². The molecular formula is C25H36BN3O5. The van der Waals surface area contributed by atoms with Crippen LogP contribution in [0.25, 0.3) is 16.9 Å². The van der Waals surface area contributed by atoms with Crippen molar-refractivity contribution < 1.29 is 18.8 Å². The molecule has 0 spiro atoms. The summed E-state index contributed by atoms with van der Waals surface area (Å²) in [6.07, 6.45) is 9.78. The highest BCUT2D eigenvalue weighted by Crippen LogP contribution is 2.36. The van der Waals surface area contributed by atoms with Gasteiger partial charge in [0, 0.05) is 37.5 Å². The van der Waals surface area contributed by atoms with Crippen molar-refractivity contribution in [3.05, 3.63) is 28.8 Å². The average Bonchev–Trinajstić information content (AvgIpc) is 3.22. The molecule has 2 atom stereocenters. The molecule has 0 aromatic carbocycles. The van der Waals surface area contributed by atoms with Crippen molar-refractivity contribution in [3.8, 4) is 0 Å². The van der Waals surface area contributed by atoms with Gasteiger partial charge in [-0.15, -0.1) is 0 Å². The summed E-state index contributed by atoms with van der Waals surface area (Å²) in [6.45, 7) is 9.24. The molecule has 1 aliphatic carbocycles. The molecule has 0 N–H and O–H groups in total. The molecule has 2 aliphatic heterocycles. The van der Waals surface area contributed by atoms with E-state index >= 15 is 0 Å². The Hall–Kier alpha value is -1.94. The van der Waals surface area contributed by atoms with Crippen LogP contribution in [0.2, 0.25) is 0 Å². The lowest BCUT2D eigenvalue weighted by Crippen LogP contribution is -2.41. The van der Waals surface area contributed by atoms with Crippen molar-refractivity contribution in [3.63, 3.8) is 0 Å². The van der Waals surface area contributed by atoms with Gasteiger partial charge in [-0.3, -0.25) is 4.57 Å². The number of imidazole rings is 1. The number of fused-ring (bicyclic) bond motifs is 1. The van der Waals surface area contributed by atoms with E-state index in [0.29, 0.717) is 18.8 Å². The summed E-state index contributed by atoms with van der Waals surface area (Å²) in [4.78, 5) is 18.5. The first kappa shape index (κ1) is 23.8. The lowest BCUT2D eigenvalue weighted by Gasteiger charge is -2.32. The Morgan fingerprint density at radius 1 is 1.21 bits per heavy atom. The second kappa shape index (κ2) is 8.93. The number of pyridine rings is 1. The Labute approximate surface area is 201 Å². The quantitative estimate of drug-likeness (QED) is 0.627. The molecule has 0 saturated carbocycles. The van der Waals surface area contributed by atoms with E-state index in [-0.39, 0.29) is 17.9 Å². The van der Waals surface area contributed by atoms with Crippen molar-refractivity contribution in [2.75, 3.05) is 13.7 Å². The first-order valence-corrected chi connectivity index (χ1v) is 12.5. The number of hydrogen-bond donors (Lipinski definition) is 0. The van der Waals surface area contributed by atoms with Crippen LogP contribution in [0, 0.1) is 0 Å². The van der Waals surface area contributed by atoms with Crippen LogP contribution in [-0.4, -0.2) is 58.4 Å². The zero-order chi connectivity index (χ0) is 24.1. The van der Waals surface area contributed by atoms with E-state index < -0.39 is 18.3 Å². The molecule has 2 fully saturated rings. The van der Waals surface area contributed by atoms with Gasteiger partial charge in [0.05, 0.1) is 35.5 Å². The van der Waals surface area contributed by atoms with Crippen molar-refractivity contribution in [1.82, 2.24) is 14.1 Å². The lowest BCUT2D eigenvalue weighted by atomic mass is 9.80. The maximum Gasteiger partial charge on any atom is 0.496 e. The van der Waals surface area contributed by atoms with Gasteiger partial charge in [0.25, 0.3) is 0 Å². The summed E-state index contributed by atoms with van der Waals surface area (Å²) in [6, 6.07) is 2.00. The molecule has 2 aromatic rings. The Morgan fingerprint density at radius 2 is 1.97 bits per heavy atom. The van der Waals surface area contributed by atoms with Crippen LogP contribution in [0.5, 0.6) is 0 Å². The minimum atomic E-state index is -0.536. The van der Waals surface area contributed by atoms with E-state index in [2.05, 4.69) is 6.08 Å². The van der Waals surface area contributed by atoms with Crippen molar-refractivity contribution in [2.24, 2.45) is 0 Å². The molecule has 2 aromatic heterocycles. The molecule has 34 heavy (non-hydrogen) atoms. The fourth-order valence-corrected chi connectivity index (χ4v) is 5.10. The highest BCUT2D eigenvalue weighted by molar-refractivity contribution is 6.62. The van der Waals surface area contributed by atoms with Gasteiger partial charge in [0.15, 0.2) is 5.65 Å². The molecule has 0 radical (unpaired) electrons. The van der Waals surface area contributed by atoms with Crippen molar-refractivity contribution in [1.29, 1.82) is 0 Å². The monoisotopic (exact) mass is 469 g/mol. The number of methoxy groups -OCH3 is 1. The zero-order valence-corrected chi connectivity index (χ0v) is 21.0. The van der Waals surface area contributed by atoms with Crippen molar-refractivity contribution >= 4 is 29.4 Å². The second-order valence-electron chi connectivity index (χ2n) is 10.7. The van der Waals surface area contributed by atoms with E-state index in [0.717, 1.165) is 55.2 Å². The van der Waals surface area contributed by atoms with Crippen LogP contribution in [0.4, 0.5) is 0 Å². The van der Waals surface area contributed by atoms with E-state index in [1.165, 1.54) is 0 Å². The molecule has 2 saturated heterocycles. The van der Waals surface area contributed by atoms with E-state index in [9.17, 15) is 4.79 Å². The molecule has 184 valence electrons. The summed E-state index contributed by atoms with van der Waals surface area (Å²) in [5.74, 6) is 0. The van der Waals surface area contributed by atoms with Gasteiger partial charge in [0.1, 0.15) is 0 Å². The van der Waals surface area contributed by atoms with E-state index in [4.69, 9.17) is 23.8 Å². The Bertz CT molecular complexity index is 1140. The minimum Gasteiger partial charge on any atom is -0.399 e. The number of nitrogens with zero attached hydrogens (tertiary/aromatic N) is 3. The Balaban J connectivity index is 1.57. The van der Waals surface area contributed by atoms with Crippen LogP contribution < -0.4 is 11.2 Å². The predicted molar refractivity (Wildman–Crippen MR) is 132 cm³/mol. The normalized spacial score (nSPS) is 26.7. The largest absolute Gasteiger partial charge is 0.496 e. The van der Waals surface area contributed by atoms with Crippen LogP contribution in [-0.2, 0) is 25.3 Å². The van der Waals surface area contributed by atoms with Crippen LogP contribution in [0.3, 0.4) is 0 Å². The molecule has 4 heterocycles. The van der Waals surface area contributed by atoms with Crippen molar-refractivity contribution in [2.45, 2.75) is 96.2 Å². The fraction of sp³-hybridized carbons (Fsp3) is 0.680. The summed E-state index contributed by atoms with van der Waals surface area (Å²) in [5.41, 5.74) is 2.35. The molecule has 0 amide bonds. The fourth-order valence-electron chi connectivity index (χ4n) is 5.10. The molecular weight excluding hydrogens is 433 g/mol. The third-order valence-electron chi connectivity index (χ3n) is 7.91. The maximum absolute atomic E-state index is 13.7. The number of aromatic nitrogens is 3. The van der Waals surface area contributed by atoms with Crippen LogP contribution >= 0.6 is 0 Å². The molecule has 9 heteroatoms. The lowest BCUT2D eigenvalue weighted by molar-refractivity contribution is -0.0638. The number of rotatable bonds is 5. The molecule has 3 aliphatic rings. The van der Waals surface area contributed by atoms with Crippen LogP contribution in [0.15, 0.2) is 23.1 Å². The summed E-state index contributed by atoms with van der Waals surface area (Å²) >= 11 is 0. The number of ether oxygens (including phenoxy) is 2. The highest BCUT2D eigenvalue weighted by atomic mass is 16.7. The summed E-state index contributed by atoms with van der Waals surface area (Å²) in [5, 5.41) is 0. The highest BCUT2D eigenvalue weighted by Gasteiger charge is 2.52. The Kier molecular flexibility index (Phi) is 6.25. The summed E-state index contributed by atoms with van der Waals surface area (Å²) < 4.78 is 27.7. The summed E-state index contributed by atoms with van der Waals surface area (Å²) in [7, 11) is 1.20. The minimum absolute atomic E-state index is 0.0649. The molecule has 0 unspecified atom stereocenters. The second-order valence-corrected chi connectivity index (χ2v) is 10.7. The van der Waals surface area contributed by atoms with Gasteiger partial charge >= 0.3 is 12.8 Å². The van der Waals surface area contributed by atoms with Gasteiger partial charge in [0.2, 0.25) is 0 Å². The first-order valence-electron chi connectivity index (χ1n) is 12.5. The van der Waals surface area contributed by atoms with Gasteiger partial charge in [-0.1, -0.05) is 6.08 Å². The third kappa shape index (κ3) is 4.17. The average molecular weight is 469 g/mol. The van der Waals surface area contributed by atoms with Crippen LogP contribution in [0.1, 0.15) is 66.2 Å². The van der Waals surface area contributed by atoms with E-state index in [1.807, 2.05) is 38.3 Å². The van der Waals surface area contributed by atoms with Gasteiger partial charge in [-0.05, 0) is 65.9 Å². The first-order chi connectivity index (χ1) is 16.2. The Morgan fingerprint density at radius 3 is 2.65 bits per heavy atom. The SMILES string of the molecule is CO[C@@H]1CCO[C@H](Cn2c(=O)n(C3=CCCCC3)c3ncc(B4OC(C)(C)C(C)(C)O4)cc32)C1. The van der Waals surface area contributed by atoms with Gasteiger partial charge in [-0.25, -0.2) is 14.3 Å². The zero-order valence-electron chi connectivity index (χ0n) is 21.0. The molecule has 8 nitrogen and oxygen atoms in total. The number of hydrogen-bond acceptors (Lipinski definition) is 6. The maximum atomic E-state index is 13.7. The molecule has 5 rings (SSSR count).